The molecule has 0 saturated carbocycles. The van der Waals surface area contributed by atoms with Gasteiger partial charge in [0, 0.05) is 25.8 Å². The fourth-order valence-corrected chi connectivity index (χ4v) is 3.53. The van der Waals surface area contributed by atoms with Crippen molar-refractivity contribution in [1.29, 1.82) is 0 Å². The molecule has 7 heteroatoms. The van der Waals surface area contributed by atoms with Gasteiger partial charge >= 0.3 is 5.97 Å². The van der Waals surface area contributed by atoms with Crippen LogP contribution in [-0.4, -0.2) is 60.6 Å². The summed E-state index contributed by atoms with van der Waals surface area (Å²) in [7, 11) is 2.93. The molecule has 1 amide bonds. The summed E-state index contributed by atoms with van der Waals surface area (Å²) in [5.41, 5.74) is 3.61. The minimum Gasteiger partial charge on any atom is -0.468 e. The molecule has 26 heavy (non-hydrogen) atoms. The molecule has 0 bridgehead atoms. The number of methoxy groups -OCH3 is 1. The van der Waals surface area contributed by atoms with Gasteiger partial charge in [0.2, 0.25) is 0 Å². The first-order chi connectivity index (χ1) is 12.4. The van der Waals surface area contributed by atoms with Crippen molar-refractivity contribution in [2.24, 2.45) is 0 Å². The van der Waals surface area contributed by atoms with Gasteiger partial charge < -0.3 is 14.5 Å². The van der Waals surface area contributed by atoms with Crippen molar-refractivity contribution in [1.82, 2.24) is 9.80 Å². The molecule has 0 radical (unpaired) electrons. The van der Waals surface area contributed by atoms with E-state index in [2.05, 4.69) is 17.0 Å². The molecule has 0 N–H and O–H groups in total. The van der Waals surface area contributed by atoms with Crippen molar-refractivity contribution in [3.05, 3.63) is 35.0 Å². The number of thiocarbonyl (C=S) groups is 1. The SMILES string of the molecule is COC(=O)CN1C(=S)N(C)C(=O)C1=Cc1ccc(N2CCCC2)cc1C. The number of aryl methyl sites for hydroxylation is 1. The van der Waals surface area contributed by atoms with Crippen LogP contribution in [0.2, 0.25) is 0 Å². The maximum absolute atomic E-state index is 12.6. The topological polar surface area (TPSA) is 53.1 Å². The lowest BCUT2D eigenvalue weighted by Gasteiger charge is -2.19. The zero-order chi connectivity index (χ0) is 18.8. The molecular weight excluding hydrogens is 350 g/mol. The molecule has 0 spiro atoms. The van der Waals surface area contributed by atoms with Crippen LogP contribution in [0.25, 0.3) is 6.08 Å². The van der Waals surface area contributed by atoms with E-state index in [1.807, 2.05) is 13.0 Å². The number of ether oxygens (including phenoxy) is 1. The summed E-state index contributed by atoms with van der Waals surface area (Å²) in [6, 6.07) is 6.24. The first-order valence-electron chi connectivity index (χ1n) is 8.66. The fraction of sp³-hybridized carbons (Fsp3) is 0.421. The maximum Gasteiger partial charge on any atom is 0.325 e. The van der Waals surface area contributed by atoms with Crippen LogP contribution in [0.15, 0.2) is 23.9 Å². The first-order valence-corrected chi connectivity index (χ1v) is 9.07. The minimum atomic E-state index is -0.442. The van der Waals surface area contributed by atoms with Crippen molar-refractivity contribution in [3.63, 3.8) is 0 Å². The molecule has 2 saturated heterocycles. The average molecular weight is 373 g/mol. The van der Waals surface area contributed by atoms with Crippen LogP contribution in [0.4, 0.5) is 5.69 Å². The highest BCUT2D eigenvalue weighted by atomic mass is 32.1. The predicted octanol–water partition coefficient (Wildman–Crippen LogP) is 2.17. The summed E-state index contributed by atoms with van der Waals surface area (Å²) in [6.07, 6.45) is 4.25. The van der Waals surface area contributed by atoms with E-state index in [9.17, 15) is 9.59 Å². The molecule has 138 valence electrons. The first kappa shape index (κ1) is 18.4. The fourth-order valence-electron chi connectivity index (χ4n) is 3.29. The molecular formula is C19H23N3O3S. The van der Waals surface area contributed by atoms with Gasteiger partial charge in [-0.2, -0.15) is 0 Å². The molecule has 1 aromatic rings. The van der Waals surface area contributed by atoms with E-state index < -0.39 is 5.97 Å². The number of hydrogen-bond acceptors (Lipinski definition) is 5. The van der Waals surface area contributed by atoms with Gasteiger partial charge in [0.1, 0.15) is 12.2 Å². The molecule has 0 aliphatic carbocycles. The number of carbonyl (C=O) groups is 2. The number of likely N-dealkylation sites (N-methyl/N-ethyl adjacent to an activating group) is 1. The minimum absolute atomic E-state index is 0.0812. The van der Waals surface area contributed by atoms with Crippen LogP contribution in [-0.2, 0) is 14.3 Å². The number of benzene rings is 1. The second-order valence-electron chi connectivity index (χ2n) is 6.57. The second kappa shape index (κ2) is 7.45. The summed E-state index contributed by atoms with van der Waals surface area (Å²) in [5.74, 6) is -0.663. The number of amides is 1. The van der Waals surface area contributed by atoms with Crippen molar-refractivity contribution < 1.29 is 14.3 Å². The molecule has 0 unspecified atom stereocenters. The number of hydrogen-bond donors (Lipinski definition) is 0. The third kappa shape index (κ3) is 3.44. The third-order valence-electron chi connectivity index (χ3n) is 4.86. The molecule has 3 rings (SSSR count). The summed E-state index contributed by atoms with van der Waals surface area (Å²) in [5, 5.41) is 0.304. The zero-order valence-electron chi connectivity index (χ0n) is 15.3. The normalized spacial score (nSPS) is 19.0. The van der Waals surface area contributed by atoms with Gasteiger partial charge in [0.05, 0.1) is 7.11 Å². The zero-order valence-corrected chi connectivity index (χ0v) is 16.1. The number of carbonyl (C=O) groups excluding carboxylic acids is 2. The van der Waals surface area contributed by atoms with Crippen LogP contribution >= 0.6 is 12.2 Å². The summed E-state index contributed by atoms with van der Waals surface area (Å²) in [4.78, 5) is 29.5. The highest BCUT2D eigenvalue weighted by Crippen LogP contribution is 2.27. The summed E-state index contributed by atoms with van der Waals surface area (Å²) >= 11 is 5.30. The number of anilines is 1. The van der Waals surface area contributed by atoms with Crippen molar-refractivity contribution >= 4 is 41.0 Å². The smallest absolute Gasteiger partial charge is 0.325 e. The van der Waals surface area contributed by atoms with Gasteiger partial charge in [-0.1, -0.05) is 6.07 Å². The highest BCUT2D eigenvalue weighted by Gasteiger charge is 2.36. The standard InChI is InChI=1S/C19H23N3O3S/c1-13-10-15(21-8-4-5-9-21)7-6-14(13)11-16-18(24)20(2)19(26)22(16)12-17(23)25-3/h6-7,10-11H,4-5,8-9,12H2,1-3H3. The Kier molecular flexibility index (Phi) is 5.27. The lowest BCUT2D eigenvalue weighted by molar-refractivity contribution is -0.140. The van der Waals surface area contributed by atoms with Gasteiger partial charge in [0.25, 0.3) is 5.91 Å². The summed E-state index contributed by atoms with van der Waals surface area (Å²) < 4.78 is 4.72. The van der Waals surface area contributed by atoms with E-state index in [1.54, 1.807) is 13.1 Å². The lowest BCUT2D eigenvalue weighted by Crippen LogP contribution is -2.33. The van der Waals surface area contributed by atoms with E-state index in [4.69, 9.17) is 17.0 Å². The van der Waals surface area contributed by atoms with E-state index in [-0.39, 0.29) is 12.5 Å². The quantitative estimate of drug-likeness (QED) is 0.458. The molecule has 6 nitrogen and oxygen atoms in total. The van der Waals surface area contributed by atoms with Gasteiger partial charge in [-0.25, -0.2) is 0 Å². The molecule has 1 aromatic carbocycles. The maximum atomic E-state index is 12.6. The van der Waals surface area contributed by atoms with E-state index in [0.29, 0.717) is 10.8 Å². The largest absolute Gasteiger partial charge is 0.468 e. The average Bonchev–Trinajstić information content (AvgIpc) is 3.23. The second-order valence-corrected chi connectivity index (χ2v) is 6.94. The summed E-state index contributed by atoms with van der Waals surface area (Å²) in [6.45, 7) is 4.12. The number of esters is 1. The van der Waals surface area contributed by atoms with Crippen molar-refractivity contribution in [3.8, 4) is 0 Å². The van der Waals surface area contributed by atoms with Crippen LogP contribution in [0.1, 0.15) is 24.0 Å². The van der Waals surface area contributed by atoms with E-state index in [1.165, 1.54) is 35.4 Å². The molecule has 2 fully saturated rings. The van der Waals surface area contributed by atoms with Gasteiger partial charge in [0.15, 0.2) is 5.11 Å². The molecule has 0 atom stereocenters. The van der Waals surface area contributed by atoms with E-state index >= 15 is 0 Å². The van der Waals surface area contributed by atoms with Crippen LogP contribution in [0.5, 0.6) is 0 Å². The van der Waals surface area contributed by atoms with Gasteiger partial charge in [-0.15, -0.1) is 0 Å². The Hall–Kier alpha value is -2.41. The molecule has 0 aromatic heterocycles. The van der Waals surface area contributed by atoms with Gasteiger partial charge in [-0.05, 0) is 61.3 Å². The monoisotopic (exact) mass is 373 g/mol. The Balaban J connectivity index is 1.92. The Morgan fingerprint density at radius 1 is 1.31 bits per heavy atom. The Labute approximate surface area is 159 Å². The molecule has 2 heterocycles. The van der Waals surface area contributed by atoms with Crippen LogP contribution in [0.3, 0.4) is 0 Å². The van der Waals surface area contributed by atoms with Crippen molar-refractivity contribution in [2.75, 3.05) is 38.7 Å². The predicted molar refractivity (Wildman–Crippen MR) is 105 cm³/mol. The number of nitrogens with zero attached hydrogens (tertiary/aromatic N) is 3. The Morgan fingerprint density at radius 3 is 2.62 bits per heavy atom. The number of rotatable bonds is 4. The lowest BCUT2D eigenvalue weighted by atomic mass is 10.1. The Morgan fingerprint density at radius 2 is 2.00 bits per heavy atom. The van der Waals surface area contributed by atoms with Crippen LogP contribution < -0.4 is 4.90 Å². The Bertz CT molecular complexity index is 784. The molecule has 2 aliphatic heterocycles. The molecule has 2 aliphatic rings. The third-order valence-corrected chi connectivity index (χ3v) is 5.36. The highest BCUT2D eigenvalue weighted by molar-refractivity contribution is 7.80. The van der Waals surface area contributed by atoms with Gasteiger partial charge in [-0.3, -0.25) is 14.5 Å². The van der Waals surface area contributed by atoms with Crippen molar-refractivity contribution in [2.45, 2.75) is 19.8 Å². The van der Waals surface area contributed by atoms with E-state index in [0.717, 1.165) is 24.2 Å². The van der Waals surface area contributed by atoms with Crippen LogP contribution in [0, 0.1) is 6.92 Å².